The zero-order valence-corrected chi connectivity index (χ0v) is 13.5. The molecule has 2 N–H and O–H groups in total. The van der Waals surface area contributed by atoms with Crippen LogP contribution in [0.2, 0.25) is 0 Å². The third-order valence-corrected chi connectivity index (χ3v) is 5.10. The summed E-state index contributed by atoms with van der Waals surface area (Å²) >= 11 is 0. The molecule has 2 rings (SSSR count). The lowest BCUT2D eigenvalue weighted by Gasteiger charge is -2.44. The minimum absolute atomic E-state index is 0.244. The van der Waals surface area contributed by atoms with Gasteiger partial charge in [-0.1, -0.05) is 34.6 Å². The predicted octanol–water partition coefficient (Wildman–Crippen LogP) is 4.12. The molecule has 4 unspecified atom stereocenters. The van der Waals surface area contributed by atoms with Gasteiger partial charge in [0.1, 0.15) is 0 Å². The van der Waals surface area contributed by atoms with Crippen LogP contribution in [0.3, 0.4) is 0 Å². The van der Waals surface area contributed by atoms with Crippen molar-refractivity contribution in [1.29, 1.82) is 0 Å². The fourth-order valence-corrected chi connectivity index (χ4v) is 4.30. The molecule has 0 aliphatic heterocycles. The van der Waals surface area contributed by atoms with Crippen molar-refractivity contribution in [2.24, 2.45) is 22.5 Å². The molecule has 19 heavy (non-hydrogen) atoms. The average molecular weight is 267 g/mol. The molecule has 2 fully saturated rings. The Balaban J connectivity index is 1.95. The topological polar surface area (TPSA) is 35.2 Å². The Morgan fingerprint density at radius 3 is 2.32 bits per heavy atom. The maximum absolute atomic E-state index is 6.46. The maximum Gasteiger partial charge on any atom is 0.0734 e. The van der Waals surface area contributed by atoms with E-state index < -0.39 is 0 Å². The highest BCUT2D eigenvalue weighted by Gasteiger charge is 2.38. The minimum atomic E-state index is 0.244. The summed E-state index contributed by atoms with van der Waals surface area (Å²) in [5, 5.41) is 0. The third-order valence-electron chi connectivity index (χ3n) is 5.10. The molecule has 0 aromatic heterocycles. The largest absolute Gasteiger partial charge is 0.373 e. The average Bonchev–Trinajstić information content (AvgIpc) is 2.20. The van der Waals surface area contributed by atoms with Crippen molar-refractivity contribution >= 4 is 0 Å². The molecule has 2 aliphatic rings. The molecule has 2 aliphatic carbocycles. The Labute approximate surface area is 119 Å². The van der Waals surface area contributed by atoms with Crippen LogP contribution in [0.5, 0.6) is 0 Å². The summed E-state index contributed by atoms with van der Waals surface area (Å²) in [5.41, 5.74) is 7.12. The molecule has 0 spiro atoms. The van der Waals surface area contributed by atoms with Crippen LogP contribution in [0.15, 0.2) is 0 Å². The Hall–Kier alpha value is -0.0800. The van der Waals surface area contributed by atoms with Crippen LogP contribution < -0.4 is 5.73 Å². The Kier molecular flexibility index (Phi) is 4.32. The van der Waals surface area contributed by atoms with Crippen molar-refractivity contribution in [2.75, 3.05) is 0 Å². The molecule has 0 aromatic rings. The van der Waals surface area contributed by atoms with Gasteiger partial charge in [0.15, 0.2) is 0 Å². The van der Waals surface area contributed by atoms with Gasteiger partial charge in [-0.25, -0.2) is 0 Å². The zero-order chi connectivity index (χ0) is 14.3. The van der Waals surface area contributed by atoms with Crippen LogP contribution in [0.4, 0.5) is 0 Å². The third kappa shape index (κ3) is 4.19. The first-order valence-corrected chi connectivity index (χ1v) is 8.08. The first-order chi connectivity index (χ1) is 8.67. The molecule has 0 radical (unpaired) electrons. The van der Waals surface area contributed by atoms with Gasteiger partial charge in [-0.2, -0.15) is 0 Å². The highest BCUT2D eigenvalue weighted by molar-refractivity contribution is 4.90. The van der Waals surface area contributed by atoms with Crippen LogP contribution in [-0.2, 0) is 4.74 Å². The first kappa shape index (κ1) is 15.3. The summed E-state index contributed by atoms with van der Waals surface area (Å²) in [6, 6.07) is 0.244. The Morgan fingerprint density at radius 1 is 1.00 bits per heavy atom. The molecule has 0 saturated heterocycles. The van der Waals surface area contributed by atoms with Gasteiger partial charge in [0.05, 0.1) is 12.2 Å². The van der Waals surface area contributed by atoms with Crippen molar-refractivity contribution in [2.45, 2.75) is 91.4 Å². The number of hydrogen-bond acceptors (Lipinski definition) is 2. The van der Waals surface area contributed by atoms with E-state index in [1.54, 1.807) is 0 Å². The highest BCUT2D eigenvalue weighted by atomic mass is 16.5. The van der Waals surface area contributed by atoms with E-state index in [2.05, 4.69) is 34.6 Å². The molecule has 0 bridgehead atoms. The first-order valence-electron chi connectivity index (χ1n) is 8.08. The second kappa shape index (κ2) is 5.37. The molecule has 4 atom stereocenters. The van der Waals surface area contributed by atoms with Gasteiger partial charge < -0.3 is 10.5 Å². The lowest BCUT2D eigenvalue weighted by Crippen LogP contribution is -2.47. The molecule has 0 amide bonds. The number of nitrogens with two attached hydrogens (primary N) is 1. The highest BCUT2D eigenvalue weighted by Crippen LogP contribution is 2.42. The lowest BCUT2D eigenvalue weighted by molar-refractivity contribution is -0.0985. The van der Waals surface area contributed by atoms with E-state index in [-0.39, 0.29) is 12.1 Å². The van der Waals surface area contributed by atoms with E-state index in [1.165, 1.54) is 25.7 Å². The number of ether oxygens (including phenoxy) is 1. The van der Waals surface area contributed by atoms with E-state index in [9.17, 15) is 0 Å². The van der Waals surface area contributed by atoms with E-state index in [0.717, 1.165) is 18.8 Å². The lowest BCUT2D eigenvalue weighted by atomic mass is 9.71. The summed E-state index contributed by atoms with van der Waals surface area (Å²) < 4.78 is 6.46. The monoisotopic (exact) mass is 267 g/mol. The van der Waals surface area contributed by atoms with E-state index in [1.807, 2.05) is 0 Å². The molecule has 112 valence electrons. The molecule has 2 saturated carbocycles. The van der Waals surface area contributed by atoms with Crippen molar-refractivity contribution < 1.29 is 4.74 Å². The van der Waals surface area contributed by atoms with Crippen molar-refractivity contribution in [3.8, 4) is 0 Å². The van der Waals surface area contributed by atoms with E-state index in [4.69, 9.17) is 10.5 Å². The zero-order valence-electron chi connectivity index (χ0n) is 13.5. The molecule has 0 heterocycles. The summed E-state index contributed by atoms with van der Waals surface area (Å²) in [5.74, 6) is 0.779. The van der Waals surface area contributed by atoms with Gasteiger partial charge in [0.25, 0.3) is 0 Å². The van der Waals surface area contributed by atoms with Crippen molar-refractivity contribution in [1.82, 2.24) is 0 Å². The smallest absolute Gasteiger partial charge is 0.0734 e. The van der Waals surface area contributed by atoms with Crippen molar-refractivity contribution in [3.05, 3.63) is 0 Å². The summed E-state index contributed by atoms with van der Waals surface area (Å²) in [4.78, 5) is 0. The SMILES string of the molecule is CC1CC(OC2CC(C)(C)CCC2N)CC(C)(C)C1. The molecular formula is C17H33NO. The molecular weight excluding hydrogens is 234 g/mol. The molecule has 2 heteroatoms. The standard InChI is InChI=1S/C17H33NO/c1-12-8-13(10-17(4,5)9-12)19-15-11-16(2,3)7-6-14(15)18/h12-15H,6-11,18H2,1-5H3. The predicted molar refractivity (Wildman–Crippen MR) is 81.1 cm³/mol. The van der Waals surface area contributed by atoms with Crippen LogP contribution in [-0.4, -0.2) is 18.2 Å². The van der Waals surface area contributed by atoms with Gasteiger partial charge in [-0.05, 0) is 55.3 Å². The molecule has 0 aromatic carbocycles. The van der Waals surface area contributed by atoms with Crippen LogP contribution in [0, 0.1) is 16.7 Å². The van der Waals surface area contributed by atoms with E-state index in [0.29, 0.717) is 16.9 Å². The molecule has 2 nitrogen and oxygen atoms in total. The maximum atomic E-state index is 6.46. The summed E-state index contributed by atoms with van der Waals surface area (Å²) in [7, 11) is 0. The Morgan fingerprint density at radius 2 is 1.68 bits per heavy atom. The van der Waals surface area contributed by atoms with E-state index >= 15 is 0 Å². The summed E-state index contributed by atoms with van der Waals surface area (Å²) in [6.07, 6.45) is 7.91. The number of rotatable bonds is 2. The van der Waals surface area contributed by atoms with Gasteiger partial charge in [0, 0.05) is 6.04 Å². The van der Waals surface area contributed by atoms with Gasteiger partial charge in [-0.3, -0.25) is 0 Å². The second-order valence-electron chi connectivity index (χ2n) is 8.78. The van der Waals surface area contributed by atoms with Crippen LogP contribution in [0.25, 0.3) is 0 Å². The van der Waals surface area contributed by atoms with Gasteiger partial charge in [0.2, 0.25) is 0 Å². The Bertz CT molecular complexity index is 310. The fourth-order valence-electron chi connectivity index (χ4n) is 4.30. The summed E-state index contributed by atoms with van der Waals surface area (Å²) in [6.45, 7) is 11.8. The van der Waals surface area contributed by atoms with Crippen molar-refractivity contribution in [3.63, 3.8) is 0 Å². The van der Waals surface area contributed by atoms with Crippen LogP contribution >= 0.6 is 0 Å². The quantitative estimate of drug-likeness (QED) is 0.816. The van der Waals surface area contributed by atoms with Crippen LogP contribution in [0.1, 0.15) is 73.1 Å². The van der Waals surface area contributed by atoms with Gasteiger partial charge >= 0.3 is 0 Å². The fraction of sp³-hybridized carbons (Fsp3) is 1.00. The minimum Gasteiger partial charge on any atom is -0.373 e. The van der Waals surface area contributed by atoms with Gasteiger partial charge in [-0.15, -0.1) is 0 Å². The normalized spacial score (nSPS) is 42.0. The number of hydrogen-bond donors (Lipinski definition) is 1. The second-order valence-corrected chi connectivity index (χ2v) is 8.78.